The van der Waals surface area contributed by atoms with E-state index >= 15 is 0 Å². The molecule has 34 heavy (non-hydrogen) atoms. The maximum atomic E-state index is 12.9. The highest BCUT2D eigenvalue weighted by Crippen LogP contribution is 2.37. The number of thioether (sulfide) groups is 1. The van der Waals surface area contributed by atoms with Crippen LogP contribution in [0, 0.1) is 0 Å². The van der Waals surface area contributed by atoms with E-state index in [-0.39, 0.29) is 25.3 Å². The van der Waals surface area contributed by atoms with E-state index in [4.69, 9.17) is 21.7 Å². The molecule has 1 heterocycles. The van der Waals surface area contributed by atoms with Crippen LogP contribution in [0.2, 0.25) is 0 Å². The molecule has 188 valence electrons. The second kappa shape index (κ2) is 11.4. The van der Waals surface area contributed by atoms with Gasteiger partial charge in [0.1, 0.15) is 16.0 Å². The van der Waals surface area contributed by atoms with Gasteiger partial charge in [0.2, 0.25) is 20.0 Å². The molecule has 0 radical (unpaired) electrons. The molecule has 1 aliphatic rings. The first-order valence-electron chi connectivity index (χ1n) is 10.1. The third-order valence-corrected chi connectivity index (χ3v) is 8.62. The molecule has 1 atom stereocenters. The summed E-state index contributed by atoms with van der Waals surface area (Å²) in [7, 11) is -8.75. The quantitative estimate of drug-likeness (QED) is 0.140. The monoisotopic (exact) mass is 532 g/mol. The Hall–Kier alpha value is -1.67. The van der Waals surface area contributed by atoms with Gasteiger partial charge in [-0.25, -0.2) is 37.5 Å². The van der Waals surface area contributed by atoms with Gasteiger partial charge in [-0.15, -0.1) is 11.8 Å². The summed E-state index contributed by atoms with van der Waals surface area (Å²) in [6.07, 6.45) is -0.855. The molecule has 2 aromatic rings. The van der Waals surface area contributed by atoms with E-state index < -0.39 is 42.0 Å². The number of primary sulfonamides is 1. The molecular weight excluding hydrogens is 504 g/mol. The lowest BCUT2D eigenvalue weighted by molar-refractivity contribution is 0.275. The summed E-state index contributed by atoms with van der Waals surface area (Å²) in [6.45, 7) is -0.206. The van der Waals surface area contributed by atoms with Crippen molar-refractivity contribution in [1.82, 2.24) is 26.6 Å². The highest BCUT2D eigenvalue weighted by Gasteiger charge is 2.34. The number of benzene rings is 2. The molecule has 3 rings (SSSR count). The Morgan fingerprint density at radius 2 is 1.82 bits per heavy atom. The van der Waals surface area contributed by atoms with Gasteiger partial charge in [-0.05, 0) is 29.3 Å². The molecule has 1 unspecified atom stereocenters. The van der Waals surface area contributed by atoms with Gasteiger partial charge in [-0.2, -0.15) is 11.1 Å². The van der Waals surface area contributed by atoms with Crippen molar-refractivity contribution in [2.24, 2.45) is 16.6 Å². The smallest absolute Gasteiger partial charge is 0.241 e. The Morgan fingerprint density at radius 3 is 2.44 bits per heavy atom. The Bertz CT molecular complexity index is 1220. The summed E-state index contributed by atoms with van der Waals surface area (Å²) in [5.41, 5.74) is 23.2. The molecule has 0 amide bonds. The minimum absolute atomic E-state index is 0.0266. The molecule has 1 saturated heterocycles. The summed E-state index contributed by atoms with van der Waals surface area (Å²) in [6, 6.07) is 9.54. The summed E-state index contributed by atoms with van der Waals surface area (Å²) >= 11 is 1.42. The molecular formula is C18H28N8O5S3. The second-order valence-electron chi connectivity index (χ2n) is 7.34. The Labute approximate surface area is 202 Å². The fourth-order valence-corrected chi connectivity index (χ4v) is 6.90. The van der Waals surface area contributed by atoms with Gasteiger partial charge in [-0.3, -0.25) is 0 Å². The van der Waals surface area contributed by atoms with Crippen LogP contribution in [0.5, 0.6) is 0 Å². The Kier molecular flexibility index (Phi) is 9.01. The maximum absolute atomic E-state index is 12.9. The van der Waals surface area contributed by atoms with Crippen LogP contribution in [0.1, 0.15) is 11.7 Å². The number of sulfonamides is 2. The number of hydrogen-bond acceptors (Lipinski definition) is 12. The standard InChI is InChI=1S/C18H28N8O5S3/c19-6-7-22-34(30,31)15-5-4-14(11-2-1-3-13(8-11)32-10-12(20)9-27)16(17(15)33(21,28)29)18-23-25-26-24-18/h1-5,8,12,18,22-27H,6-7,9-10,19-20H2,(H2,21,28,29). The van der Waals surface area contributed by atoms with E-state index in [1.807, 2.05) is 12.1 Å². The van der Waals surface area contributed by atoms with Crippen LogP contribution < -0.4 is 43.2 Å². The zero-order chi connectivity index (χ0) is 24.9. The van der Waals surface area contributed by atoms with Gasteiger partial charge in [-0.1, -0.05) is 18.2 Å². The highest BCUT2D eigenvalue weighted by atomic mass is 32.2. The summed E-state index contributed by atoms with van der Waals surface area (Å²) in [4.78, 5) is -0.211. The van der Waals surface area contributed by atoms with Crippen LogP contribution in [0.15, 0.2) is 51.1 Å². The zero-order valence-electron chi connectivity index (χ0n) is 18.0. The first kappa shape index (κ1) is 26.9. The number of nitrogens with one attached hydrogen (secondary N) is 5. The van der Waals surface area contributed by atoms with E-state index in [2.05, 4.69) is 26.6 Å². The van der Waals surface area contributed by atoms with Crippen molar-refractivity contribution >= 4 is 31.8 Å². The second-order valence-corrected chi connectivity index (χ2v) is 11.7. The van der Waals surface area contributed by atoms with Crippen molar-refractivity contribution in [3.8, 4) is 11.1 Å². The SMILES string of the molecule is NCCNS(=O)(=O)c1ccc(-c2cccc(SCC(N)CO)c2)c(C2NNNN2)c1S(N)(=O)=O. The molecule has 13 nitrogen and oxygen atoms in total. The number of nitrogens with two attached hydrogens (primary N) is 3. The molecule has 0 saturated carbocycles. The first-order chi connectivity index (χ1) is 16.1. The molecule has 0 aromatic heterocycles. The molecule has 1 aliphatic heterocycles. The predicted molar refractivity (Wildman–Crippen MR) is 129 cm³/mol. The molecule has 12 N–H and O–H groups in total. The third kappa shape index (κ3) is 6.30. The van der Waals surface area contributed by atoms with Gasteiger partial charge in [0, 0.05) is 35.3 Å². The maximum Gasteiger partial charge on any atom is 0.241 e. The minimum atomic E-state index is -4.51. The van der Waals surface area contributed by atoms with Crippen molar-refractivity contribution in [2.75, 3.05) is 25.4 Å². The van der Waals surface area contributed by atoms with Crippen LogP contribution >= 0.6 is 11.8 Å². The Balaban J connectivity index is 2.21. The van der Waals surface area contributed by atoms with Gasteiger partial charge in [0.25, 0.3) is 0 Å². The summed E-state index contributed by atoms with van der Waals surface area (Å²) < 4.78 is 53.6. The van der Waals surface area contributed by atoms with E-state index in [1.54, 1.807) is 12.1 Å². The van der Waals surface area contributed by atoms with E-state index in [9.17, 15) is 16.8 Å². The lowest BCUT2D eigenvalue weighted by Gasteiger charge is -2.22. The molecule has 0 bridgehead atoms. The number of hydrogen-bond donors (Lipinski definition) is 9. The van der Waals surface area contributed by atoms with Crippen LogP contribution in [0.25, 0.3) is 11.1 Å². The van der Waals surface area contributed by atoms with Crippen molar-refractivity contribution in [1.29, 1.82) is 0 Å². The van der Waals surface area contributed by atoms with Crippen molar-refractivity contribution in [3.05, 3.63) is 42.0 Å². The predicted octanol–water partition coefficient (Wildman–Crippen LogP) is -2.23. The van der Waals surface area contributed by atoms with Crippen LogP contribution in [0.4, 0.5) is 0 Å². The molecule has 2 aromatic carbocycles. The van der Waals surface area contributed by atoms with E-state index in [1.165, 1.54) is 23.9 Å². The average Bonchev–Trinajstić information content (AvgIpc) is 3.34. The highest BCUT2D eigenvalue weighted by molar-refractivity contribution is 7.99. The average molecular weight is 533 g/mol. The van der Waals surface area contributed by atoms with Crippen molar-refractivity contribution in [2.45, 2.75) is 26.9 Å². The van der Waals surface area contributed by atoms with Crippen LogP contribution in [0.3, 0.4) is 0 Å². The van der Waals surface area contributed by atoms with Gasteiger partial charge in [0.05, 0.1) is 6.61 Å². The molecule has 0 spiro atoms. The van der Waals surface area contributed by atoms with Crippen LogP contribution in [-0.2, 0) is 20.0 Å². The van der Waals surface area contributed by atoms with E-state index in [0.29, 0.717) is 16.9 Å². The van der Waals surface area contributed by atoms with Crippen molar-refractivity contribution < 1.29 is 21.9 Å². The lowest BCUT2D eigenvalue weighted by Crippen LogP contribution is -2.33. The summed E-state index contributed by atoms with van der Waals surface area (Å²) in [5, 5.41) is 14.7. The molecule has 16 heteroatoms. The van der Waals surface area contributed by atoms with Gasteiger partial charge in [0.15, 0.2) is 0 Å². The number of aliphatic hydroxyl groups excluding tert-OH is 1. The number of hydrazine groups is 3. The van der Waals surface area contributed by atoms with E-state index in [0.717, 1.165) is 4.90 Å². The molecule has 0 aliphatic carbocycles. The Morgan fingerprint density at radius 1 is 1.12 bits per heavy atom. The lowest BCUT2D eigenvalue weighted by atomic mass is 9.98. The number of rotatable bonds is 11. The number of aliphatic hydroxyl groups is 1. The normalized spacial score (nSPS) is 16.1. The first-order valence-corrected chi connectivity index (χ1v) is 14.1. The largest absolute Gasteiger partial charge is 0.395 e. The minimum Gasteiger partial charge on any atom is -0.395 e. The van der Waals surface area contributed by atoms with Gasteiger partial charge < -0.3 is 16.6 Å². The third-order valence-electron chi connectivity index (χ3n) is 4.80. The zero-order valence-corrected chi connectivity index (χ0v) is 20.4. The van der Waals surface area contributed by atoms with Crippen molar-refractivity contribution in [3.63, 3.8) is 0 Å². The fraction of sp³-hybridized carbons (Fsp3) is 0.333. The topological polar surface area (TPSA) is 227 Å². The van der Waals surface area contributed by atoms with Gasteiger partial charge >= 0.3 is 0 Å². The fourth-order valence-electron chi connectivity index (χ4n) is 3.30. The summed E-state index contributed by atoms with van der Waals surface area (Å²) in [5.74, 6) is 0.471. The molecule has 1 fully saturated rings. The van der Waals surface area contributed by atoms with Crippen LogP contribution in [-0.4, -0.2) is 53.4 Å².